The average Bonchev–Trinajstić information content (AvgIpc) is 2.43. The van der Waals surface area contributed by atoms with Gasteiger partial charge in [-0.3, -0.25) is 4.79 Å². The number of benzene rings is 1. The van der Waals surface area contributed by atoms with Gasteiger partial charge < -0.3 is 14.4 Å². The van der Waals surface area contributed by atoms with Crippen LogP contribution in [0.1, 0.15) is 37.6 Å². The number of Topliss-reactive ketones (excluding diaryl/α,β-unsaturated/α-hetero) is 1. The Labute approximate surface area is 127 Å². The van der Waals surface area contributed by atoms with Crippen molar-refractivity contribution in [1.29, 1.82) is 0 Å². The summed E-state index contributed by atoms with van der Waals surface area (Å²) in [5, 5.41) is 0. The Hall–Kier alpha value is -1.39. The van der Waals surface area contributed by atoms with Crippen LogP contribution >= 0.6 is 0 Å². The molecule has 1 fully saturated rings. The van der Waals surface area contributed by atoms with Gasteiger partial charge in [0.2, 0.25) is 0 Å². The Bertz CT molecular complexity index is 448. The SMILES string of the molecule is CC(=O)c1ccc(OCCC[NH+]2C[C@H](C)O[C@@H](C)C2)cc1. The van der Waals surface area contributed by atoms with E-state index in [9.17, 15) is 4.79 Å². The van der Waals surface area contributed by atoms with E-state index in [2.05, 4.69) is 13.8 Å². The predicted octanol–water partition coefficient (Wildman–Crippen LogP) is 1.35. The monoisotopic (exact) mass is 292 g/mol. The minimum Gasteiger partial charge on any atom is -0.493 e. The van der Waals surface area contributed by atoms with Crippen LogP contribution in [0.15, 0.2) is 24.3 Å². The van der Waals surface area contributed by atoms with Crippen LogP contribution in [0.5, 0.6) is 5.75 Å². The maximum atomic E-state index is 11.2. The molecule has 4 heteroatoms. The summed E-state index contributed by atoms with van der Waals surface area (Å²) in [5.74, 6) is 0.916. The van der Waals surface area contributed by atoms with Crippen molar-refractivity contribution in [2.75, 3.05) is 26.2 Å². The van der Waals surface area contributed by atoms with Gasteiger partial charge in [-0.15, -0.1) is 0 Å². The summed E-state index contributed by atoms with van der Waals surface area (Å²) in [6.45, 7) is 9.85. The molecule has 0 amide bonds. The highest BCUT2D eigenvalue weighted by Crippen LogP contribution is 2.12. The first-order chi connectivity index (χ1) is 10.0. The molecule has 0 bridgehead atoms. The first-order valence-electron chi connectivity index (χ1n) is 7.77. The van der Waals surface area contributed by atoms with Crippen molar-refractivity contribution in [2.45, 2.75) is 39.4 Å². The Morgan fingerprint density at radius 2 is 1.86 bits per heavy atom. The van der Waals surface area contributed by atoms with Crippen LogP contribution in [0.2, 0.25) is 0 Å². The zero-order valence-electron chi connectivity index (χ0n) is 13.2. The minimum absolute atomic E-state index is 0.0840. The lowest BCUT2D eigenvalue weighted by Crippen LogP contribution is -3.15. The molecular formula is C17H26NO3+. The summed E-state index contributed by atoms with van der Waals surface area (Å²) in [7, 11) is 0. The fourth-order valence-electron chi connectivity index (χ4n) is 2.89. The lowest BCUT2D eigenvalue weighted by Gasteiger charge is -2.32. The summed E-state index contributed by atoms with van der Waals surface area (Å²) in [4.78, 5) is 12.8. The smallest absolute Gasteiger partial charge is 0.159 e. The molecule has 2 rings (SSSR count). The fourth-order valence-corrected chi connectivity index (χ4v) is 2.89. The van der Waals surface area contributed by atoms with E-state index in [1.165, 1.54) is 0 Å². The molecule has 1 aromatic carbocycles. The third-order valence-electron chi connectivity index (χ3n) is 3.82. The Kier molecular flexibility index (Phi) is 5.76. The van der Waals surface area contributed by atoms with Crippen molar-refractivity contribution in [3.8, 4) is 5.75 Å². The highest BCUT2D eigenvalue weighted by molar-refractivity contribution is 5.94. The van der Waals surface area contributed by atoms with Crippen molar-refractivity contribution in [2.24, 2.45) is 0 Å². The molecule has 2 atom stereocenters. The Morgan fingerprint density at radius 3 is 2.43 bits per heavy atom. The van der Waals surface area contributed by atoms with Gasteiger partial charge in [0, 0.05) is 12.0 Å². The van der Waals surface area contributed by atoms with E-state index in [1.807, 2.05) is 24.3 Å². The van der Waals surface area contributed by atoms with Crippen LogP contribution in [0.25, 0.3) is 0 Å². The molecule has 4 nitrogen and oxygen atoms in total. The molecule has 0 radical (unpaired) electrons. The summed E-state index contributed by atoms with van der Waals surface area (Å²) in [5.41, 5.74) is 0.725. The van der Waals surface area contributed by atoms with Gasteiger partial charge in [0.15, 0.2) is 5.78 Å². The number of rotatable bonds is 6. The second kappa shape index (κ2) is 7.57. The third kappa shape index (κ3) is 5.14. The number of morpholine rings is 1. The second-order valence-corrected chi connectivity index (χ2v) is 5.95. The van der Waals surface area contributed by atoms with Gasteiger partial charge >= 0.3 is 0 Å². The van der Waals surface area contributed by atoms with Crippen molar-refractivity contribution in [3.05, 3.63) is 29.8 Å². The quantitative estimate of drug-likeness (QED) is 0.635. The Morgan fingerprint density at radius 1 is 1.24 bits per heavy atom. The van der Waals surface area contributed by atoms with Gasteiger partial charge in [0.25, 0.3) is 0 Å². The van der Waals surface area contributed by atoms with E-state index in [-0.39, 0.29) is 5.78 Å². The van der Waals surface area contributed by atoms with Crippen LogP contribution in [-0.2, 0) is 4.74 Å². The first kappa shape index (κ1) is 16.0. The van der Waals surface area contributed by atoms with Crippen LogP contribution in [0, 0.1) is 0 Å². The average molecular weight is 292 g/mol. The van der Waals surface area contributed by atoms with Gasteiger partial charge in [-0.05, 0) is 45.0 Å². The van der Waals surface area contributed by atoms with Gasteiger partial charge in [-0.2, -0.15) is 0 Å². The van der Waals surface area contributed by atoms with Crippen molar-refractivity contribution >= 4 is 5.78 Å². The molecular weight excluding hydrogens is 266 g/mol. The van der Waals surface area contributed by atoms with Crippen LogP contribution in [0.4, 0.5) is 0 Å². The highest BCUT2D eigenvalue weighted by atomic mass is 16.5. The largest absolute Gasteiger partial charge is 0.493 e. The van der Waals surface area contributed by atoms with Crippen LogP contribution < -0.4 is 9.64 Å². The lowest BCUT2D eigenvalue weighted by molar-refractivity contribution is -0.915. The van der Waals surface area contributed by atoms with E-state index < -0.39 is 0 Å². The van der Waals surface area contributed by atoms with E-state index in [1.54, 1.807) is 11.8 Å². The molecule has 1 N–H and O–H groups in total. The zero-order chi connectivity index (χ0) is 15.2. The number of quaternary nitrogens is 1. The maximum absolute atomic E-state index is 11.2. The number of ether oxygens (including phenoxy) is 2. The molecule has 21 heavy (non-hydrogen) atoms. The number of ketones is 1. The third-order valence-corrected chi connectivity index (χ3v) is 3.82. The van der Waals surface area contributed by atoms with Gasteiger partial charge in [-0.1, -0.05) is 0 Å². The van der Waals surface area contributed by atoms with Gasteiger partial charge in [-0.25, -0.2) is 0 Å². The first-order valence-corrected chi connectivity index (χ1v) is 7.77. The molecule has 0 saturated carbocycles. The molecule has 0 aromatic heterocycles. The predicted molar refractivity (Wildman–Crippen MR) is 82.1 cm³/mol. The van der Waals surface area contributed by atoms with E-state index in [4.69, 9.17) is 9.47 Å². The van der Waals surface area contributed by atoms with Crippen LogP contribution in [0.3, 0.4) is 0 Å². The molecule has 0 unspecified atom stereocenters. The lowest BCUT2D eigenvalue weighted by atomic mass is 10.1. The van der Waals surface area contributed by atoms with Crippen LogP contribution in [-0.4, -0.2) is 44.2 Å². The molecule has 0 spiro atoms. The maximum Gasteiger partial charge on any atom is 0.159 e. The minimum atomic E-state index is 0.0840. The number of hydrogen-bond acceptors (Lipinski definition) is 3. The summed E-state index contributed by atoms with van der Waals surface area (Å²) < 4.78 is 11.5. The van der Waals surface area contributed by atoms with Crippen molar-refractivity contribution < 1.29 is 19.2 Å². The van der Waals surface area contributed by atoms with E-state index >= 15 is 0 Å². The van der Waals surface area contributed by atoms with Crippen molar-refractivity contribution in [1.82, 2.24) is 0 Å². The highest BCUT2D eigenvalue weighted by Gasteiger charge is 2.24. The molecule has 1 heterocycles. The molecule has 116 valence electrons. The number of nitrogens with one attached hydrogen (secondary N) is 1. The number of carbonyl (C=O) groups excluding carboxylic acids is 1. The van der Waals surface area contributed by atoms with E-state index in [0.29, 0.717) is 18.8 Å². The van der Waals surface area contributed by atoms with Crippen molar-refractivity contribution in [3.63, 3.8) is 0 Å². The summed E-state index contributed by atoms with van der Waals surface area (Å²) in [6.07, 6.45) is 1.73. The number of carbonyl (C=O) groups is 1. The number of hydrogen-bond donors (Lipinski definition) is 1. The standard InChI is InChI=1S/C17H25NO3/c1-13-11-18(12-14(2)21-13)9-4-10-20-17-7-5-16(6-8-17)15(3)19/h5-8,13-14H,4,9-12H2,1-3H3/p+1/t13-,14-/m0/s1. The Balaban J connectivity index is 1.68. The topological polar surface area (TPSA) is 40.0 Å². The molecule has 1 saturated heterocycles. The summed E-state index contributed by atoms with van der Waals surface area (Å²) >= 11 is 0. The summed E-state index contributed by atoms with van der Waals surface area (Å²) in [6, 6.07) is 7.35. The fraction of sp³-hybridized carbons (Fsp3) is 0.588. The van der Waals surface area contributed by atoms with Gasteiger partial charge in [0.1, 0.15) is 31.0 Å². The molecule has 1 aromatic rings. The molecule has 1 aliphatic rings. The normalized spacial score (nSPS) is 25.6. The second-order valence-electron chi connectivity index (χ2n) is 5.95. The van der Waals surface area contributed by atoms with Gasteiger partial charge in [0.05, 0.1) is 13.2 Å². The molecule has 0 aliphatic carbocycles. The van der Waals surface area contributed by atoms with E-state index in [0.717, 1.165) is 37.4 Å². The zero-order valence-corrected chi connectivity index (χ0v) is 13.2. The molecule has 1 aliphatic heterocycles.